The van der Waals surface area contributed by atoms with Gasteiger partial charge >= 0.3 is 0 Å². The highest BCUT2D eigenvalue weighted by Gasteiger charge is 2.39. The summed E-state index contributed by atoms with van der Waals surface area (Å²) in [5.74, 6) is 0.487. The fraction of sp³-hybridized carbons (Fsp3) is 0.200. The molecule has 0 bridgehead atoms. The van der Waals surface area contributed by atoms with E-state index in [4.69, 9.17) is 11.6 Å². The molecule has 0 saturated heterocycles. The molecule has 32 heavy (non-hydrogen) atoms. The number of allylic oxidation sites excluding steroid dienone is 2. The van der Waals surface area contributed by atoms with E-state index in [1.165, 1.54) is 5.56 Å². The second-order valence-corrected chi connectivity index (χ2v) is 11.3. The van der Waals surface area contributed by atoms with E-state index in [9.17, 15) is 8.42 Å². The lowest BCUT2D eigenvalue weighted by atomic mass is 9.77. The van der Waals surface area contributed by atoms with Crippen molar-refractivity contribution in [3.05, 3.63) is 99.0 Å². The molecule has 1 aliphatic carbocycles. The van der Waals surface area contributed by atoms with Crippen molar-refractivity contribution in [2.75, 3.05) is 10.0 Å². The second-order valence-electron chi connectivity index (χ2n) is 8.31. The van der Waals surface area contributed by atoms with Crippen LogP contribution in [0, 0.1) is 12.8 Å². The molecule has 2 aliphatic rings. The lowest BCUT2D eigenvalue weighted by molar-refractivity contribution is 0.424. The molecule has 3 atom stereocenters. The van der Waals surface area contributed by atoms with Crippen LogP contribution in [-0.2, 0) is 10.0 Å². The van der Waals surface area contributed by atoms with Gasteiger partial charge in [-0.05, 0) is 78.4 Å². The van der Waals surface area contributed by atoms with Gasteiger partial charge in [-0.1, -0.05) is 57.9 Å². The lowest BCUT2D eigenvalue weighted by Gasteiger charge is -2.38. The summed E-state index contributed by atoms with van der Waals surface area (Å²) in [4.78, 5) is 0.255. The first kappa shape index (κ1) is 21.6. The van der Waals surface area contributed by atoms with Gasteiger partial charge in [0.2, 0.25) is 0 Å². The molecule has 0 aromatic heterocycles. The van der Waals surface area contributed by atoms with Crippen LogP contribution < -0.4 is 10.0 Å². The summed E-state index contributed by atoms with van der Waals surface area (Å²) < 4.78 is 30.1. The Morgan fingerprint density at radius 3 is 2.66 bits per heavy atom. The van der Waals surface area contributed by atoms with Crippen molar-refractivity contribution in [1.82, 2.24) is 0 Å². The molecule has 0 amide bonds. The van der Waals surface area contributed by atoms with Crippen LogP contribution in [0.1, 0.15) is 35.1 Å². The number of rotatable bonds is 4. The number of hydrogen-bond donors (Lipinski definition) is 2. The standard InChI is InChI=1S/C25H22BrClN2O2S/c1-15-13-16(27)9-11-23(15)29-32(30,31)17-10-12-24-21(14-17)18-6-4-7-19(18)25(28-24)20-5-2-3-8-22(20)26/h2-6,8-14,18-19,25,28-29H,7H2,1H3/t18?,19?,25-/m1/s1. The lowest BCUT2D eigenvalue weighted by Crippen LogP contribution is -2.29. The zero-order chi connectivity index (χ0) is 22.5. The van der Waals surface area contributed by atoms with Gasteiger partial charge in [0.15, 0.2) is 0 Å². The number of fused-ring (bicyclic) bond motifs is 3. The SMILES string of the molecule is Cc1cc(Cl)ccc1NS(=O)(=O)c1ccc2c(c1)C1C=CCC1[C@H](c1ccccc1Br)N2. The average Bonchev–Trinajstić information content (AvgIpc) is 3.26. The summed E-state index contributed by atoms with van der Waals surface area (Å²) in [5, 5.41) is 4.24. The maximum atomic E-state index is 13.2. The first-order valence-corrected chi connectivity index (χ1v) is 13.1. The first-order chi connectivity index (χ1) is 15.3. The summed E-state index contributed by atoms with van der Waals surface area (Å²) in [5.41, 5.74) is 4.50. The van der Waals surface area contributed by atoms with Crippen molar-refractivity contribution in [1.29, 1.82) is 0 Å². The monoisotopic (exact) mass is 528 g/mol. The quantitative estimate of drug-likeness (QED) is 0.356. The third kappa shape index (κ3) is 3.85. The largest absolute Gasteiger partial charge is 0.378 e. The Bertz CT molecular complexity index is 1340. The van der Waals surface area contributed by atoms with E-state index < -0.39 is 10.0 Å². The van der Waals surface area contributed by atoms with Gasteiger partial charge in [0, 0.05) is 21.1 Å². The molecule has 7 heteroatoms. The molecule has 5 rings (SSSR count). The highest BCUT2D eigenvalue weighted by atomic mass is 79.9. The van der Waals surface area contributed by atoms with Crippen LogP contribution in [0.25, 0.3) is 0 Å². The molecule has 1 aliphatic heterocycles. The molecular formula is C25H22BrClN2O2S. The minimum Gasteiger partial charge on any atom is -0.378 e. The summed E-state index contributed by atoms with van der Waals surface area (Å²) in [6, 6.07) is 18.9. The van der Waals surface area contributed by atoms with Crippen LogP contribution in [0.4, 0.5) is 11.4 Å². The van der Waals surface area contributed by atoms with Crippen LogP contribution in [0.15, 0.2) is 82.2 Å². The van der Waals surface area contributed by atoms with Crippen molar-refractivity contribution < 1.29 is 8.42 Å². The molecule has 0 radical (unpaired) electrons. The first-order valence-electron chi connectivity index (χ1n) is 10.4. The van der Waals surface area contributed by atoms with Gasteiger partial charge < -0.3 is 5.32 Å². The zero-order valence-corrected chi connectivity index (χ0v) is 20.5. The fourth-order valence-corrected chi connectivity index (χ4v) is 6.64. The van der Waals surface area contributed by atoms with E-state index in [1.807, 2.05) is 19.1 Å². The van der Waals surface area contributed by atoms with Crippen LogP contribution >= 0.6 is 27.5 Å². The average molecular weight is 530 g/mol. The summed E-state index contributed by atoms with van der Waals surface area (Å²) >= 11 is 9.70. The molecule has 0 spiro atoms. The van der Waals surface area contributed by atoms with Gasteiger partial charge in [0.1, 0.15) is 0 Å². The molecule has 3 aromatic carbocycles. The minimum atomic E-state index is -3.74. The van der Waals surface area contributed by atoms with Crippen LogP contribution in [0.5, 0.6) is 0 Å². The van der Waals surface area contributed by atoms with E-state index in [0.717, 1.165) is 27.7 Å². The van der Waals surface area contributed by atoms with Gasteiger partial charge in [-0.15, -0.1) is 0 Å². The van der Waals surface area contributed by atoms with Gasteiger partial charge in [0.25, 0.3) is 10.0 Å². The fourth-order valence-electron chi connectivity index (χ4n) is 4.72. The van der Waals surface area contributed by atoms with Crippen molar-refractivity contribution >= 4 is 48.9 Å². The number of aryl methyl sites for hydroxylation is 1. The van der Waals surface area contributed by atoms with Gasteiger partial charge in [-0.3, -0.25) is 4.72 Å². The Balaban J connectivity index is 1.50. The highest BCUT2D eigenvalue weighted by molar-refractivity contribution is 9.10. The Hall–Kier alpha value is -2.28. The Labute approximate surface area is 201 Å². The van der Waals surface area contributed by atoms with Crippen LogP contribution in [0.3, 0.4) is 0 Å². The van der Waals surface area contributed by atoms with Gasteiger partial charge in [-0.25, -0.2) is 8.42 Å². The molecule has 0 saturated carbocycles. The third-order valence-electron chi connectivity index (χ3n) is 6.32. The maximum absolute atomic E-state index is 13.2. The maximum Gasteiger partial charge on any atom is 0.261 e. The number of sulfonamides is 1. The number of nitrogens with one attached hydrogen (secondary N) is 2. The summed E-state index contributed by atoms with van der Waals surface area (Å²) in [7, 11) is -3.74. The Morgan fingerprint density at radius 2 is 1.88 bits per heavy atom. The molecule has 3 aromatic rings. The summed E-state index contributed by atoms with van der Waals surface area (Å²) in [6.45, 7) is 1.83. The van der Waals surface area contributed by atoms with Gasteiger partial charge in [0.05, 0.1) is 16.6 Å². The predicted molar refractivity (Wildman–Crippen MR) is 134 cm³/mol. The van der Waals surface area contributed by atoms with Crippen molar-refractivity contribution in [2.45, 2.75) is 30.2 Å². The van der Waals surface area contributed by atoms with E-state index in [-0.39, 0.29) is 16.9 Å². The smallest absolute Gasteiger partial charge is 0.261 e. The van der Waals surface area contributed by atoms with Crippen molar-refractivity contribution in [3.8, 4) is 0 Å². The third-order valence-corrected chi connectivity index (χ3v) is 8.64. The predicted octanol–water partition coefficient (Wildman–Crippen LogP) is 7.04. The van der Waals surface area contributed by atoms with Crippen LogP contribution in [0.2, 0.25) is 5.02 Å². The van der Waals surface area contributed by atoms with Crippen molar-refractivity contribution in [3.63, 3.8) is 0 Å². The Kier molecular flexibility index (Phi) is 5.56. The second kappa shape index (κ2) is 8.25. The number of anilines is 2. The molecule has 2 unspecified atom stereocenters. The number of hydrogen-bond acceptors (Lipinski definition) is 3. The minimum absolute atomic E-state index is 0.148. The molecule has 0 fully saturated rings. The molecule has 2 N–H and O–H groups in total. The number of halogens is 2. The number of benzene rings is 3. The molecular weight excluding hydrogens is 508 g/mol. The summed E-state index contributed by atoms with van der Waals surface area (Å²) in [6.07, 6.45) is 5.36. The van der Waals surface area contributed by atoms with E-state index in [0.29, 0.717) is 16.6 Å². The molecule has 4 nitrogen and oxygen atoms in total. The van der Waals surface area contributed by atoms with E-state index in [2.05, 4.69) is 56.3 Å². The normalized spacial score (nSPS) is 21.5. The topological polar surface area (TPSA) is 58.2 Å². The molecule has 164 valence electrons. The van der Waals surface area contributed by atoms with Crippen molar-refractivity contribution in [2.24, 2.45) is 5.92 Å². The highest BCUT2D eigenvalue weighted by Crippen LogP contribution is 2.51. The Morgan fingerprint density at radius 1 is 1.06 bits per heavy atom. The van der Waals surface area contributed by atoms with Crippen LogP contribution in [-0.4, -0.2) is 8.42 Å². The van der Waals surface area contributed by atoms with E-state index >= 15 is 0 Å². The molecule has 1 heterocycles. The van der Waals surface area contributed by atoms with Gasteiger partial charge in [-0.2, -0.15) is 0 Å². The van der Waals surface area contributed by atoms with E-state index in [1.54, 1.807) is 30.3 Å². The zero-order valence-electron chi connectivity index (χ0n) is 17.3.